The first-order chi connectivity index (χ1) is 17.5. The molecule has 0 spiro atoms. The molecule has 1 heterocycles. The number of sulfone groups is 1. The number of nitrogens with zero attached hydrogens (tertiary/aromatic N) is 2. The van der Waals surface area contributed by atoms with Crippen molar-refractivity contribution in [2.24, 2.45) is 0 Å². The SMILES string of the molecule is CCOc1cc([C@@H](CS(C)(=O)=O)n2c(=O)n(Cc3ccccc3F)c3cc(C)cc(F)c32)ccc1OC. The van der Waals surface area contributed by atoms with Gasteiger partial charge in [-0.3, -0.25) is 9.13 Å². The van der Waals surface area contributed by atoms with E-state index < -0.39 is 39.0 Å². The average Bonchev–Trinajstić information content (AvgIpc) is 3.10. The highest BCUT2D eigenvalue weighted by Crippen LogP contribution is 2.34. The second-order valence-corrected chi connectivity index (χ2v) is 11.1. The van der Waals surface area contributed by atoms with Gasteiger partial charge in [0, 0.05) is 11.8 Å². The molecular weight excluding hydrogens is 502 g/mol. The zero-order chi connectivity index (χ0) is 26.9. The normalized spacial score (nSPS) is 12.6. The largest absolute Gasteiger partial charge is 0.493 e. The molecule has 0 fully saturated rings. The lowest BCUT2D eigenvalue weighted by atomic mass is 10.1. The lowest BCUT2D eigenvalue weighted by molar-refractivity contribution is 0.310. The molecule has 0 radical (unpaired) electrons. The van der Waals surface area contributed by atoms with Crippen LogP contribution in [0.25, 0.3) is 11.0 Å². The van der Waals surface area contributed by atoms with Crippen LogP contribution in [0.5, 0.6) is 11.5 Å². The van der Waals surface area contributed by atoms with Crippen molar-refractivity contribution in [1.82, 2.24) is 9.13 Å². The van der Waals surface area contributed by atoms with Crippen molar-refractivity contribution >= 4 is 20.9 Å². The van der Waals surface area contributed by atoms with Gasteiger partial charge in [0.25, 0.3) is 0 Å². The third-order valence-electron chi connectivity index (χ3n) is 6.09. The van der Waals surface area contributed by atoms with Crippen LogP contribution in [0.15, 0.2) is 59.4 Å². The fraction of sp³-hybridized carbons (Fsp3) is 0.296. The Morgan fingerprint density at radius 2 is 1.73 bits per heavy atom. The number of imidazole rings is 1. The van der Waals surface area contributed by atoms with Crippen LogP contribution in [-0.2, 0) is 16.4 Å². The minimum atomic E-state index is -3.65. The zero-order valence-electron chi connectivity index (χ0n) is 21.0. The van der Waals surface area contributed by atoms with Crippen LogP contribution in [0.4, 0.5) is 8.78 Å². The van der Waals surface area contributed by atoms with Gasteiger partial charge in [0.2, 0.25) is 0 Å². The fourth-order valence-corrected chi connectivity index (χ4v) is 5.42. The van der Waals surface area contributed by atoms with Crippen molar-refractivity contribution in [2.45, 2.75) is 26.4 Å². The quantitative estimate of drug-likeness (QED) is 0.319. The fourth-order valence-electron chi connectivity index (χ4n) is 4.50. The maximum Gasteiger partial charge on any atom is 0.330 e. The van der Waals surface area contributed by atoms with Gasteiger partial charge < -0.3 is 9.47 Å². The summed E-state index contributed by atoms with van der Waals surface area (Å²) in [5.41, 5.74) is 0.740. The number of hydrogen-bond acceptors (Lipinski definition) is 5. The lowest BCUT2D eigenvalue weighted by Crippen LogP contribution is -2.32. The molecule has 0 aliphatic rings. The van der Waals surface area contributed by atoms with Crippen LogP contribution in [0.3, 0.4) is 0 Å². The second-order valence-electron chi connectivity index (χ2n) is 8.90. The Labute approximate surface area is 213 Å². The van der Waals surface area contributed by atoms with Crippen molar-refractivity contribution in [3.63, 3.8) is 0 Å². The molecule has 0 bridgehead atoms. The molecule has 0 N–H and O–H groups in total. The van der Waals surface area contributed by atoms with Gasteiger partial charge in [-0.25, -0.2) is 22.0 Å². The van der Waals surface area contributed by atoms with Crippen LogP contribution in [0, 0.1) is 18.6 Å². The van der Waals surface area contributed by atoms with E-state index in [1.54, 1.807) is 50.2 Å². The molecule has 7 nitrogen and oxygen atoms in total. The van der Waals surface area contributed by atoms with Crippen LogP contribution < -0.4 is 15.2 Å². The predicted octanol–water partition coefficient (Wildman–Crippen LogP) is 4.48. The van der Waals surface area contributed by atoms with E-state index in [2.05, 4.69) is 0 Å². The number of aromatic nitrogens is 2. The van der Waals surface area contributed by atoms with Crippen molar-refractivity contribution in [1.29, 1.82) is 0 Å². The molecule has 0 unspecified atom stereocenters. The zero-order valence-corrected chi connectivity index (χ0v) is 21.8. The minimum absolute atomic E-state index is 0.0608. The average molecular weight is 531 g/mol. The Kier molecular flexibility index (Phi) is 7.40. The highest BCUT2D eigenvalue weighted by molar-refractivity contribution is 7.90. The van der Waals surface area contributed by atoms with Crippen molar-refractivity contribution in [2.75, 3.05) is 25.7 Å². The van der Waals surface area contributed by atoms with E-state index in [1.165, 1.54) is 29.9 Å². The molecule has 0 aliphatic carbocycles. The van der Waals surface area contributed by atoms with Gasteiger partial charge in [0.1, 0.15) is 27.0 Å². The molecule has 0 amide bonds. The first-order valence-corrected chi connectivity index (χ1v) is 13.7. The van der Waals surface area contributed by atoms with Gasteiger partial charge in [0.05, 0.1) is 37.6 Å². The summed E-state index contributed by atoms with van der Waals surface area (Å²) < 4.78 is 68.5. The van der Waals surface area contributed by atoms with Crippen LogP contribution in [0.2, 0.25) is 0 Å². The number of rotatable bonds is 9. The van der Waals surface area contributed by atoms with E-state index in [-0.39, 0.29) is 23.1 Å². The summed E-state index contributed by atoms with van der Waals surface area (Å²) in [4.78, 5) is 13.9. The van der Waals surface area contributed by atoms with E-state index in [0.717, 1.165) is 10.8 Å². The number of fused-ring (bicyclic) bond motifs is 1. The summed E-state index contributed by atoms with van der Waals surface area (Å²) in [6.45, 7) is 3.64. The first kappa shape index (κ1) is 26.4. The smallest absolute Gasteiger partial charge is 0.330 e. The highest BCUT2D eigenvalue weighted by atomic mass is 32.2. The molecule has 196 valence electrons. The molecule has 0 aliphatic heterocycles. The van der Waals surface area contributed by atoms with Crippen LogP contribution in [0.1, 0.15) is 29.7 Å². The topological polar surface area (TPSA) is 79.5 Å². The minimum Gasteiger partial charge on any atom is -0.493 e. The Balaban J connectivity index is 2.02. The Bertz CT molecular complexity index is 1630. The summed E-state index contributed by atoms with van der Waals surface area (Å²) in [5.74, 6) is -0.874. The Hall–Kier alpha value is -3.66. The molecule has 4 rings (SSSR count). The summed E-state index contributed by atoms with van der Waals surface area (Å²) >= 11 is 0. The van der Waals surface area contributed by atoms with Gasteiger partial charge in [-0.1, -0.05) is 24.3 Å². The van der Waals surface area contributed by atoms with E-state index in [1.807, 2.05) is 0 Å². The van der Waals surface area contributed by atoms with Gasteiger partial charge >= 0.3 is 5.69 Å². The predicted molar refractivity (Wildman–Crippen MR) is 138 cm³/mol. The van der Waals surface area contributed by atoms with E-state index in [0.29, 0.717) is 29.2 Å². The van der Waals surface area contributed by atoms with E-state index in [9.17, 15) is 17.6 Å². The Morgan fingerprint density at radius 3 is 2.38 bits per heavy atom. The lowest BCUT2D eigenvalue weighted by Gasteiger charge is -2.20. The van der Waals surface area contributed by atoms with Gasteiger partial charge in [-0.2, -0.15) is 0 Å². The monoisotopic (exact) mass is 530 g/mol. The van der Waals surface area contributed by atoms with Gasteiger partial charge in [0.15, 0.2) is 11.5 Å². The van der Waals surface area contributed by atoms with Crippen molar-refractivity contribution in [3.8, 4) is 11.5 Å². The third kappa shape index (κ3) is 5.39. The van der Waals surface area contributed by atoms with Crippen molar-refractivity contribution < 1.29 is 26.7 Å². The number of halogens is 2. The second kappa shape index (κ2) is 10.4. The third-order valence-corrected chi connectivity index (χ3v) is 7.01. The first-order valence-electron chi connectivity index (χ1n) is 11.7. The van der Waals surface area contributed by atoms with Gasteiger partial charge in [-0.15, -0.1) is 0 Å². The maximum absolute atomic E-state index is 15.5. The van der Waals surface area contributed by atoms with E-state index in [4.69, 9.17) is 9.47 Å². The van der Waals surface area contributed by atoms with Crippen LogP contribution >= 0.6 is 0 Å². The van der Waals surface area contributed by atoms with Crippen LogP contribution in [-0.4, -0.2) is 43.3 Å². The molecule has 1 atom stereocenters. The molecule has 1 aromatic heterocycles. The summed E-state index contributed by atoms with van der Waals surface area (Å²) in [5, 5.41) is 0. The molecule has 0 saturated carbocycles. The number of aryl methyl sites for hydroxylation is 1. The van der Waals surface area contributed by atoms with E-state index >= 15 is 4.39 Å². The number of benzene rings is 3. The maximum atomic E-state index is 15.5. The Morgan fingerprint density at radius 1 is 1.00 bits per heavy atom. The summed E-state index contributed by atoms with van der Waals surface area (Å²) in [6, 6.07) is 12.7. The number of methoxy groups -OCH3 is 1. The standard InChI is InChI=1S/C27H28F2N2O5S/c1-5-36-25-14-18(10-11-24(25)35-3)23(16-37(4,33)34)31-26-21(29)12-17(2)13-22(26)30(27(31)32)15-19-8-6-7-9-20(19)28/h6-14,23H,5,15-16H2,1-4H3/t23-/m1/s1. The molecular formula is C27H28F2N2O5S. The number of hydrogen-bond donors (Lipinski definition) is 0. The molecule has 4 aromatic rings. The molecule has 3 aromatic carbocycles. The summed E-state index contributed by atoms with van der Waals surface area (Å²) in [6.07, 6.45) is 1.05. The number of ether oxygens (including phenoxy) is 2. The molecule has 37 heavy (non-hydrogen) atoms. The molecule has 0 saturated heterocycles. The highest BCUT2D eigenvalue weighted by Gasteiger charge is 2.28. The molecule has 10 heteroatoms. The summed E-state index contributed by atoms with van der Waals surface area (Å²) in [7, 11) is -2.17. The van der Waals surface area contributed by atoms with Crippen molar-refractivity contribution in [3.05, 3.63) is 93.4 Å². The van der Waals surface area contributed by atoms with Gasteiger partial charge in [-0.05, 0) is 55.3 Å².